The Labute approximate surface area is 140 Å². The fourth-order valence-electron chi connectivity index (χ4n) is 3.37. The second-order valence-electron chi connectivity index (χ2n) is 6.05. The predicted molar refractivity (Wildman–Crippen MR) is 88.1 cm³/mol. The van der Waals surface area contributed by atoms with Gasteiger partial charge in [-0.3, -0.25) is 14.3 Å². The number of hydrogen-bond acceptors (Lipinski definition) is 3. The minimum absolute atomic E-state index is 0.0295. The number of carbonyl (C=O) groups is 2. The molecule has 24 heavy (non-hydrogen) atoms. The molecule has 6 nitrogen and oxygen atoms in total. The number of aliphatic carboxylic acids is 1. The summed E-state index contributed by atoms with van der Waals surface area (Å²) in [5.74, 6) is -1.37. The fraction of sp³-hybridized carbons (Fsp3) is 0.389. The van der Waals surface area contributed by atoms with E-state index in [9.17, 15) is 14.7 Å². The summed E-state index contributed by atoms with van der Waals surface area (Å²) in [7, 11) is 0. The highest BCUT2D eigenvalue weighted by Crippen LogP contribution is 2.36. The van der Waals surface area contributed by atoms with Crippen LogP contribution < -0.4 is 0 Å². The van der Waals surface area contributed by atoms with E-state index in [1.807, 2.05) is 47.3 Å². The van der Waals surface area contributed by atoms with Gasteiger partial charge in [0.25, 0.3) is 0 Å². The minimum atomic E-state index is -0.839. The molecule has 2 aromatic rings. The highest BCUT2D eigenvalue weighted by atomic mass is 16.4. The molecule has 1 aromatic carbocycles. The summed E-state index contributed by atoms with van der Waals surface area (Å²) in [6.07, 6.45) is 5.03. The van der Waals surface area contributed by atoms with Crippen molar-refractivity contribution in [2.45, 2.75) is 31.8 Å². The lowest BCUT2D eigenvalue weighted by Crippen LogP contribution is -2.45. The van der Waals surface area contributed by atoms with E-state index in [4.69, 9.17) is 0 Å². The van der Waals surface area contributed by atoms with Crippen LogP contribution in [0.3, 0.4) is 0 Å². The Kier molecular flexibility index (Phi) is 4.93. The zero-order valence-corrected chi connectivity index (χ0v) is 13.4. The lowest BCUT2D eigenvalue weighted by atomic mass is 9.84. The van der Waals surface area contributed by atoms with Crippen molar-refractivity contribution in [3.63, 3.8) is 0 Å². The molecule has 1 N–H and O–H groups in total. The highest BCUT2D eigenvalue weighted by molar-refractivity contribution is 5.81. The molecule has 126 valence electrons. The second kappa shape index (κ2) is 7.29. The molecule has 0 radical (unpaired) electrons. The van der Waals surface area contributed by atoms with Crippen molar-refractivity contribution in [2.75, 3.05) is 6.54 Å². The monoisotopic (exact) mass is 327 g/mol. The summed E-state index contributed by atoms with van der Waals surface area (Å²) in [5, 5.41) is 13.8. The first-order valence-corrected chi connectivity index (χ1v) is 8.21. The molecule has 2 heterocycles. The molecule has 1 saturated heterocycles. The van der Waals surface area contributed by atoms with Gasteiger partial charge in [-0.15, -0.1) is 0 Å². The maximum atomic E-state index is 12.4. The number of benzene rings is 1. The lowest BCUT2D eigenvalue weighted by Gasteiger charge is -2.40. The van der Waals surface area contributed by atoms with Gasteiger partial charge in [-0.1, -0.05) is 30.3 Å². The molecule has 1 fully saturated rings. The van der Waals surface area contributed by atoms with E-state index in [0.29, 0.717) is 25.9 Å². The Hall–Kier alpha value is -2.63. The minimum Gasteiger partial charge on any atom is -0.481 e. The van der Waals surface area contributed by atoms with Gasteiger partial charge in [0.15, 0.2) is 0 Å². The van der Waals surface area contributed by atoms with Gasteiger partial charge in [0.1, 0.15) is 0 Å². The smallest absolute Gasteiger partial charge is 0.308 e. The van der Waals surface area contributed by atoms with Crippen LogP contribution in [0.2, 0.25) is 0 Å². The fourth-order valence-corrected chi connectivity index (χ4v) is 3.37. The molecule has 1 aliphatic heterocycles. The van der Waals surface area contributed by atoms with E-state index in [-0.39, 0.29) is 5.91 Å². The highest BCUT2D eigenvalue weighted by Gasteiger charge is 2.40. The summed E-state index contributed by atoms with van der Waals surface area (Å²) < 4.78 is 1.82. The quantitative estimate of drug-likeness (QED) is 0.883. The number of rotatable bonds is 6. The molecular formula is C18H21N3O3. The average molecular weight is 327 g/mol. The molecule has 0 saturated carbocycles. The van der Waals surface area contributed by atoms with Crippen LogP contribution in [0.15, 0.2) is 48.8 Å². The predicted octanol–water partition coefficient (Wildman–Crippen LogP) is 2.34. The average Bonchev–Trinajstić information content (AvgIpc) is 3.10. The van der Waals surface area contributed by atoms with E-state index in [1.54, 1.807) is 11.1 Å². The van der Waals surface area contributed by atoms with E-state index >= 15 is 0 Å². The van der Waals surface area contributed by atoms with Crippen LogP contribution in [0.1, 0.15) is 30.9 Å². The number of amides is 1. The molecule has 1 amide bonds. The Bertz CT molecular complexity index is 685. The van der Waals surface area contributed by atoms with Gasteiger partial charge in [0.2, 0.25) is 5.91 Å². The van der Waals surface area contributed by atoms with Crippen LogP contribution in [0, 0.1) is 5.92 Å². The Balaban J connectivity index is 1.78. The summed E-state index contributed by atoms with van der Waals surface area (Å²) in [6.45, 7) is 1.23. The van der Waals surface area contributed by atoms with Crippen molar-refractivity contribution in [1.29, 1.82) is 0 Å². The number of piperidine rings is 1. The van der Waals surface area contributed by atoms with Gasteiger partial charge in [0, 0.05) is 31.9 Å². The number of carbonyl (C=O) groups excluding carboxylic acids is 1. The first-order valence-electron chi connectivity index (χ1n) is 8.21. The number of likely N-dealkylation sites (tertiary alicyclic amines) is 1. The van der Waals surface area contributed by atoms with Gasteiger partial charge >= 0.3 is 5.97 Å². The Morgan fingerprint density at radius 2 is 2.00 bits per heavy atom. The summed E-state index contributed by atoms with van der Waals surface area (Å²) >= 11 is 0. The van der Waals surface area contributed by atoms with Gasteiger partial charge in [-0.05, 0) is 24.5 Å². The third-order valence-electron chi connectivity index (χ3n) is 4.51. The first-order chi connectivity index (χ1) is 11.7. The van der Waals surface area contributed by atoms with Crippen LogP contribution in [0.4, 0.5) is 0 Å². The SMILES string of the molecule is O=C(O)[C@H]1CCC(=O)N(CCCn2cccn2)[C@@H]1c1ccccc1. The lowest BCUT2D eigenvalue weighted by molar-refractivity contribution is -0.152. The number of hydrogen-bond donors (Lipinski definition) is 1. The maximum absolute atomic E-state index is 12.4. The van der Waals surface area contributed by atoms with Gasteiger partial charge < -0.3 is 10.0 Å². The van der Waals surface area contributed by atoms with Crippen molar-refractivity contribution in [2.24, 2.45) is 5.92 Å². The van der Waals surface area contributed by atoms with Crippen LogP contribution in [-0.2, 0) is 16.1 Å². The molecular weight excluding hydrogens is 306 g/mol. The molecule has 0 aliphatic carbocycles. The number of aromatic nitrogens is 2. The number of carboxylic acids is 1. The van der Waals surface area contributed by atoms with Crippen LogP contribution in [0.25, 0.3) is 0 Å². The summed E-state index contributed by atoms with van der Waals surface area (Å²) in [6, 6.07) is 10.9. The zero-order valence-electron chi connectivity index (χ0n) is 13.4. The van der Waals surface area contributed by atoms with E-state index in [0.717, 1.165) is 12.0 Å². The topological polar surface area (TPSA) is 75.4 Å². The van der Waals surface area contributed by atoms with Gasteiger partial charge in [-0.2, -0.15) is 5.10 Å². The normalized spacial score (nSPS) is 21.0. The molecule has 0 bridgehead atoms. The number of aryl methyl sites for hydroxylation is 1. The summed E-state index contributed by atoms with van der Waals surface area (Å²) in [4.78, 5) is 25.9. The van der Waals surface area contributed by atoms with E-state index < -0.39 is 17.9 Å². The molecule has 1 aromatic heterocycles. The van der Waals surface area contributed by atoms with Crippen molar-refractivity contribution < 1.29 is 14.7 Å². The second-order valence-corrected chi connectivity index (χ2v) is 6.05. The van der Waals surface area contributed by atoms with Crippen molar-refractivity contribution in [3.8, 4) is 0 Å². The maximum Gasteiger partial charge on any atom is 0.308 e. The molecule has 3 rings (SSSR count). The Morgan fingerprint density at radius 3 is 2.67 bits per heavy atom. The molecule has 0 spiro atoms. The van der Waals surface area contributed by atoms with Crippen LogP contribution >= 0.6 is 0 Å². The molecule has 0 unspecified atom stereocenters. The summed E-state index contributed by atoms with van der Waals surface area (Å²) in [5.41, 5.74) is 0.886. The van der Waals surface area contributed by atoms with Gasteiger partial charge in [0.05, 0.1) is 12.0 Å². The van der Waals surface area contributed by atoms with Crippen molar-refractivity contribution in [3.05, 3.63) is 54.4 Å². The van der Waals surface area contributed by atoms with E-state index in [1.165, 1.54) is 0 Å². The number of nitrogens with zero attached hydrogens (tertiary/aromatic N) is 3. The number of carboxylic acid groups (broad SMARTS) is 1. The van der Waals surface area contributed by atoms with E-state index in [2.05, 4.69) is 5.10 Å². The molecule has 1 aliphatic rings. The van der Waals surface area contributed by atoms with Gasteiger partial charge in [-0.25, -0.2) is 0 Å². The van der Waals surface area contributed by atoms with Crippen LogP contribution in [0.5, 0.6) is 0 Å². The zero-order chi connectivity index (χ0) is 16.9. The standard InChI is InChI=1S/C18H21N3O3/c22-16-9-8-15(18(23)24)17(14-6-2-1-3-7-14)21(16)13-5-12-20-11-4-10-19-20/h1-4,6-7,10-11,15,17H,5,8-9,12-13H2,(H,23,24)/t15-,17+/m0/s1. The van der Waals surface area contributed by atoms with Crippen LogP contribution in [-0.4, -0.2) is 38.2 Å². The molecule has 2 atom stereocenters. The third kappa shape index (κ3) is 3.48. The van der Waals surface area contributed by atoms with Crippen molar-refractivity contribution in [1.82, 2.24) is 14.7 Å². The first kappa shape index (κ1) is 16.2. The van der Waals surface area contributed by atoms with Crippen molar-refractivity contribution >= 4 is 11.9 Å². The largest absolute Gasteiger partial charge is 0.481 e. The third-order valence-corrected chi connectivity index (χ3v) is 4.51. The Morgan fingerprint density at radius 1 is 1.21 bits per heavy atom. The molecule has 6 heteroatoms.